The maximum absolute atomic E-state index is 13.0. The lowest BCUT2D eigenvalue weighted by atomic mass is 9.48. The Hall–Kier alpha value is -1.20. The molecule has 26 heavy (non-hydrogen) atoms. The highest BCUT2D eigenvalue weighted by Crippen LogP contribution is 2.61. The predicted octanol–water partition coefficient (Wildman–Crippen LogP) is 5.51. The second kappa shape index (κ2) is 6.16. The number of thiophene rings is 1. The number of hydrogen-bond donors (Lipinski definition) is 1. The van der Waals surface area contributed by atoms with Gasteiger partial charge in [-0.25, -0.2) is 4.98 Å². The first-order valence-electron chi connectivity index (χ1n) is 9.84. The summed E-state index contributed by atoms with van der Waals surface area (Å²) in [5.74, 6) is 2.81. The van der Waals surface area contributed by atoms with E-state index in [0.717, 1.165) is 38.2 Å². The summed E-state index contributed by atoms with van der Waals surface area (Å²) in [5, 5.41) is 6.41. The Morgan fingerprint density at radius 3 is 2.46 bits per heavy atom. The molecule has 0 radical (unpaired) electrons. The van der Waals surface area contributed by atoms with E-state index in [-0.39, 0.29) is 11.9 Å². The fraction of sp³-hybridized carbons (Fsp3) is 0.619. The summed E-state index contributed by atoms with van der Waals surface area (Å²) in [7, 11) is 0. The second-order valence-electron chi connectivity index (χ2n) is 8.89. The number of hydrogen-bond acceptors (Lipinski definition) is 4. The minimum absolute atomic E-state index is 0.0750. The maximum Gasteiger partial charge on any atom is 0.263 e. The van der Waals surface area contributed by atoms with E-state index in [4.69, 9.17) is 0 Å². The number of aryl methyl sites for hydroxylation is 1. The quantitative estimate of drug-likeness (QED) is 0.752. The number of carbonyl (C=O) groups is 1. The van der Waals surface area contributed by atoms with Crippen LogP contribution in [-0.2, 0) is 0 Å². The Kier molecular flexibility index (Phi) is 4.02. The van der Waals surface area contributed by atoms with Crippen LogP contribution in [0.2, 0.25) is 0 Å². The van der Waals surface area contributed by atoms with Crippen molar-refractivity contribution in [3.8, 4) is 9.88 Å². The van der Waals surface area contributed by atoms with Crippen molar-refractivity contribution in [2.24, 2.45) is 23.2 Å². The van der Waals surface area contributed by atoms with Crippen LogP contribution in [0.3, 0.4) is 0 Å². The molecule has 0 saturated heterocycles. The molecule has 0 aliphatic heterocycles. The van der Waals surface area contributed by atoms with Crippen LogP contribution in [0.4, 0.5) is 0 Å². The van der Waals surface area contributed by atoms with E-state index in [1.165, 1.54) is 49.9 Å². The van der Waals surface area contributed by atoms with E-state index in [2.05, 4.69) is 28.7 Å². The zero-order valence-electron chi connectivity index (χ0n) is 15.5. The summed E-state index contributed by atoms with van der Waals surface area (Å²) in [5.41, 5.74) is 1.20. The van der Waals surface area contributed by atoms with Crippen LogP contribution in [-0.4, -0.2) is 16.9 Å². The molecular formula is C21H26N2OS2. The van der Waals surface area contributed by atoms with Crippen molar-refractivity contribution in [2.75, 3.05) is 0 Å². The lowest BCUT2D eigenvalue weighted by Gasteiger charge is -2.59. The SMILES string of the molecule is Cc1nc(-c2cccs2)sc1C(=O)N[C@@H](C)C12CC3CC(CC(C3)C1)C2. The van der Waals surface area contributed by atoms with E-state index in [0.29, 0.717) is 5.41 Å². The van der Waals surface area contributed by atoms with Gasteiger partial charge in [0.05, 0.1) is 10.6 Å². The van der Waals surface area contributed by atoms with Gasteiger partial charge < -0.3 is 5.32 Å². The molecule has 4 bridgehead atoms. The molecule has 6 rings (SSSR count). The van der Waals surface area contributed by atoms with Crippen molar-refractivity contribution < 1.29 is 4.79 Å². The number of thiazole rings is 1. The average molecular weight is 387 g/mol. The molecule has 2 aromatic heterocycles. The highest BCUT2D eigenvalue weighted by atomic mass is 32.1. The predicted molar refractivity (Wildman–Crippen MR) is 108 cm³/mol. The summed E-state index contributed by atoms with van der Waals surface area (Å²) < 4.78 is 0. The average Bonchev–Trinajstić information content (AvgIpc) is 3.22. The molecular weight excluding hydrogens is 360 g/mol. The molecule has 5 heteroatoms. The van der Waals surface area contributed by atoms with Crippen molar-refractivity contribution >= 4 is 28.6 Å². The normalized spacial score (nSPS) is 33.4. The minimum atomic E-state index is 0.0750. The molecule has 1 atom stereocenters. The molecule has 2 aromatic rings. The summed E-state index contributed by atoms with van der Waals surface area (Å²) >= 11 is 3.21. The van der Waals surface area contributed by atoms with Gasteiger partial charge in [0.1, 0.15) is 9.88 Å². The molecule has 4 saturated carbocycles. The van der Waals surface area contributed by atoms with Crippen molar-refractivity contribution in [2.45, 2.75) is 58.4 Å². The van der Waals surface area contributed by atoms with Gasteiger partial charge in [-0.2, -0.15) is 0 Å². The third kappa shape index (κ3) is 2.75. The number of aromatic nitrogens is 1. The number of carbonyl (C=O) groups excluding carboxylic acids is 1. The van der Waals surface area contributed by atoms with E-state index < -0.39 is 0 Å². The minimum Gasteiger partial charge on any atom is -0.348 e. The molecule has 4 aliphatic carbocycles. The van der Waals surface area contributed by atoms with Crippen molar-refractivity contribution in [3.63, 3.8) is 0 Å². The van der Waals surface area contributed by atoms with Gasteiger partial charge in [0.2, 0.25) is 0 Å². The summed E-state index contributed by atoms with van der Waals surface area (Å²) in [6.45, 7) is 4.21. The number of nitrogens with zero attached hydrogens (tertiary/aromatic N) is 1. The number of rotatable bonds is 4. The van der Waals surface area contributed by atoms with Gasteiger partial charge in [0.15, 0.2) is 0 Å². The van der Waals surface area contributed by atoms with Crippen LogP contribution in [0.25, 0.3) is 9.88 Å². The Balaban J connectivity index is 1.34. The molecule has 1 amide bonds. The first-order chi connectivity index (χ1) is 12.5. The highest BCUT2D eigenvalue weighted by Gasteiger charge is 2.53. The van der Waals surface area contributed by atoms with Gasteiger partial charge in [-0.05, 0) is 87.0 Å². The van der Waals surface area contributed by atoms with Crippen LogP contribution in [0.5, 0.6) is 0 Å². The number of amides is 1. The third-order valence-corrected chi connectivity index (χ3v) is 9.28. The maximum atomic E-state index is 13.0. The first-order valence-corrected chi connectivity index (χ1v) is 11.5. The molecule has 0 unspecified atom stereocenters. The topological polar surface area (TPSA) is 42.0 Å². The van der Waals surface area contributed by atoms with Crippen molar-refractivity contribution in [3.05, 3.63) is 28.1 Å². The molecule has 0 spiro atoms. The van der Waals surface area contributed by atoms with Crippen LogP contribution in [0.1, 0.15) is 60.8 Å². The molecule has 2 heterocycles. The highest BCUT2D eigenvalue weighted by molar-refractivity contribution is 7.22. The van der Waals surface area contributed by atoms with E-state index in [1.54, 1.807) is 11.3 Å². The molecule has 138 valence electrons. The molecule has 1 N–H and O–H groups in total. The van der Waals surface area contributed by atoms with Gasteiger partial charge in [0.25, 0.3) is 5.91 Å². The Morgan fingerprint density at radius 2 is 1.88 bits per heavy atom. The zero-order chi connectivity index (χ0) is 17.9. The van der Waals surface area contributed by atoms with Crippen LogP contribution in [0.15, 0.2) is 17.5 Å². The smallest absolute Gasteiger partial charge is 0.263 e. The monoisotopic (exact) mass is 386 g/mol. The lowest BCUT2D eigenvalue weighted by Crippen LogP contribution is -2.55. The Labute approximate surface area is 163 Å². The van der Waals surface area contributed by atoms with Crippen LogP contribution in [0, 0.1) is 30.1 Å². The molecule has 4 fully saturated rings. The fourth-order valence-electron chi connectivity index (χ4n) is 6.24. The second-order valence-corrected chi connectivity index (χ2v) is 10.8. The van der Waals surface area contributed by atoms with E-state index >= 15 is 0 Å². The largest absolute Gasteiger partial charge is 0.348 e. The van der Waals surface area contributed by atoms with Crippen molar-refractivity contribution in [1.82, 2.24) is 10.3 Å². The van der Waals surface area contributed by atoms with E-state index in [9.17, 15) is 4.79 Å². The molecule has 4 aliphatic rings. The lowest BCUT2D eigenvalue weighted by molar-refractivity contribution is -0.0687. The van der Waals surface area contributed by atoms with Crippen LogP contribution >= 0.6 is 22.7 Å². The zero-order valence-corrected chi connectivity index (χ0v) is 17.1. The number of nitrogens with one attached hydrogen (secondary N) is 1. The summed E-state index contributed by atoms with van der Waals surface area (Å²) in [6.07, 6.45) is 8.29. The Morgan fingerprint density at radius 1 is 1.23 bits per heavy atom. The van der Waals surface area contributed by atoms with Gasteiger partial charge in [0, 0.05) is 6.04 Å². The molecule has 3 nitrogen and oxygen atoms in total. The van der Waals surface area contributed by atoms with Gasteiger partial charge in [-0.15, -0.1) is 22.7 Å². The fourth-order valence-corrected chi connectivity index (χ4v) is 8.00. The van der Waals surface area contributed by atoms with Gasteiger partial charge in [-0.3, -0.25) is 4.79 Å². The standard InChI is InChI=1S/C21H26N2OS2/c1-12-18(26-20(22-12)17-4-3-5-25-17)19(24)23-13(2)21-9-14-6-15(10-21)8-16(7-14)11-21/h3-5,13-16H,6-11H2,1-2H3,(H,23,24)/t13-,14?,15?,16?,21?/m0/s1. The summed E-state index contributed by atoms with van der Waals surface area (Å²) in [4.78, 5) is 19.6. The van der Waals surface area contributed by atoms with E-state index in [1.807, 2.05) is 13.0 Å². The van der Waals surface area contributed by atoms with Gasteiger partial charge in [-0.1, -0.05) is 6.07 Å². The first kappa shape index (κ1) is 16.9. The molecule has 0 aromatic carbocycles. The van der Waals surface area contributed by atoms with Gasteiger partial charge >= 0.3 is 0 Å². The Bertz CT molecular complexity index is 788. The summed E-state index contributed by atoms with van der Waals surface area (Å²) in [6, 6.07) is 4.36. The van der Waals surface area contributed by atoms with Crippen molar-refractivity contribution in [1.29, 1.82) is 0 Å². The third-order valence-electron chi connectivity index (χ3n) is 7.09. The van der Waals surface area contributed by atoms with Crippen LogP contribution < -0.4 is 5.32 Å².